The average molecular weight is 533 g/mol. The largest absolute Gasteiger partial charge is 0.486 e. The minimum atomic E-state index is -0.577. The van der Waals surface area contributed by atoms with E-state index in [9.17, 15) is 9.59 Å². The number of ether oxygens (including phenoxy) is 2. The van der Waals surface area contributed by atoms with Crippen molar-refractivity contribution in [3.05, 3.63) is 57.6 Å². The van der Waals surface area contributed by atoms with Gasteiger partial charge in [0.2, 0.25) is 11.8 Å². The molecule has 0 spiro atoms. The van der Waals surface area contributed by atoms with Crippen LogP contribution in [-0.4, -0.2) is 42.0 Å². The highest BCUT2D eigenvalue weighted by molar-refractivity contribution is 6.35. The van der Waals surface area contributed by atoms with Crippen molar-refractivity contribution < 1.29 is 19.1 Å². The number of carbonyl (C=O) groups is 2. The standard InChI is InChI=1S/C28H34Cl2N2O4/c1-2-24(28(34)31-22-6-4-3-5-7-22)32(18-20-10-11-21(29)17-23(20)30)27(33)13-9-19-8-12-25-26(16-19)36-15-14-35-25/h8,10-12,16-17,22,24H,2-7,9,13-15,18H2,1H3,(H,31,34). The number of fused-ring (bicyclic) bond motifs is 1. The van der Waals surface area contributed by atoms with Gasteiger partial charge < -0.3 is 19.7 Å². The lowest BCUT2D eigenvalue weighted by molar-refractivity contribution is -0.141. The molecule has 2 aliphatic rings. The molecular formula is C28H34Cl2N2O4. The quantitative estimate of drug-likeness (QED) is 0.433. The van der Waals surface area contributed by atoms with Gasteiger partial charge in [0.15, 0.2) is 11.5 Å². The molecule has 1 aliphatic carbocycles. The number of halogens is 2. The van der Waals surface area contributed by atoms with Crippen LogP contribution < -0.4 is 14.8 Å². The van der Waals surface area contributed by atoms with Crippen molar-refractivity contribution in [1.82, 2.24) is 10.2 Å². The predicted molar refractivity (Wildman–Crippen MR) is 142 cm³/mol. The van der Waals surface area contributed by atoms with E-state index in [0.29, 0.717) is 41.9 Å². The summed E-state index contributed by atoms with van der Waals surface area (Å²) >= 11 is 12.5. The summed E-state index contributed by atoms with van der Waals surface area (Å²) in [6, 6.07) is 10.6. The molecule has 6 nitrogen and oxygen atoms in total. The molecule has 2 aromatic carbocycles. The third-order valence-electron chi connectivity index (χ3n) is 6.93. The fourth-order valence-electron chi connectivity index (χ4n) is 4.94. The summed E-state index contributed by atoms with van der Waals surface area (Å²) in [4.78, 5) is 28.6. The number of nitrogens with one attached hydrogen (secondary N) is 1. The summed E-state index contributed by atoms with van der Waals surface area (Å²) in [6.07, 6.45) is 6.74. The SMILES string of the molecule is CCC(C(=O)NC1CCCCC1)N(Cc1ccc(Cl)cc1Cl)C(=O)CCc1ccc2c(c1)OCCO2. The monoisotopic (exact) mass is 532 g/mol. The van der Waals surface area contributed by atoms with Crippen molar-refractivity contribution in [2.24, 2.45) is 0 Å². The zero-order chi connectivity index (χ0) is 25.5. The number of nitrogens with zero attached hydrogens (tertiary/aromatic N) is 1. The van der Waals surface area contributed by atoms with E-state index in [0.717, 1.165) is 42.6 Å². The van der Waals surface area contributed by atoms with E-state index in [2.05, 4.69) is 5.32 Å². The van der Waals surface area contributed by atoms with Gasteiger partial charge in [-0.15, -0.1) is 0 Å². The van der Waals surface area contributed by atoms with Gasteiger partial charge in [0.25, 0.3) is 0 Å². The zero-order valence-electron chi connectivity index (χ0n) is 20.7. The van der Waals surface area contributed by atoms with E-state index in [-0.39, 0.29) is 30.8 Å². The summed E-state index contributed by atoms with van der Waals surface area (Å²) in [5.41, 5.74) is 1.74. The van der Waals surface area contributed by atoms with Crippen LogP contribution >= 0.6 is 23.2 Å². The fourth-order valence-corrected chi connectivity index (χ4v) is 5.40. The van der Waals surface area contributed by atoms with E-state index in [1.54, 1.807) is 17.0 Å². The highest BCUT2D eigenvalue weighted by atomic mass is 35.5. The van der Waals surface area contributed by atoms with Gasteiger partial charge in [-0.1, -0.05) is 61.5 Å². The van der Waals surface area contributed by atoms with Crippen molar-refractivity contribution in [2.45, 2.75) is 76.9 Å². The van der Waals surface area contributed by atoms with E-state index in [1.807, 2.05) is 31.2 Å². The second kappa shape index (κ2) is 12.7. The van der Waals surface area contributed by atoms with Crippen LogP contribution in [0.3, 0.4) is 0 Å². The van der Waals surface area contributed by atoms with Crippen molar-refractivity contribution in [2.75, 3.05) is 13.2 Å². The molecule has 0 saturated heterocycles. The van der Waals surface area contributed by atoms with E-state index >= 15 is 0 Å². The first kappa shape index (κ1) is 26.6. The molecule has 4 rings (SSSR count). The van der Waals surface area contributed by atoms with E-state index < -0.39 is 6.04 Å². The van der Waals surface area contributed by atoms with Gasteiger partial charge in [-0.05, 0) is 61.1 Å². The Kier molecular flexibility index (Phi) is 9.38. The fraction of sp³-hybridized carbons (Fsp3) is 0.500. The van der Waals surface area contributed by atoms with Gasteiger partial charge >= 0.3 is 0 Å². The van der Waals surface area contributed by atoms with Crippen molar-refractivity contribution in [3.63, 3.8) is 0 Å². The third-order valence-corrected chi connectivity index (χ3v) is 7.51. The Bertz CT molecular complexity index is 1070. The maximum atomic E-state index is 13.6. The maximum absolute atomic E-state index is 13.6. The van der Waals surface area contributed by atoms with Gasteiger partial charge in [0, 0.05) is 29.1 Å². The number of carbonyl (C=O) groups excluding carboxylic acids is 2. The summed E-state index contributed by atoms with van der Waals surface area (Å²) in [7, 11) is 0. The van der Waals surface area contributed by atoms with E-state index in [4.69, 9.17) is 32.7 Å². The molecular weight excluding hydrogens is 499 g/mol. The molecule has 0 radical (unpaired) electrons. The molecule has 194 valence electrons. The molecule has 0 bridgehead atoms. The van der Waals surface area contributed by atoms with Gasteiger partial charge in [0.1, 0.15) is 19.3 Å². The molecule has 1 heterocycles. The van der Waals surface area contributed by atoms with Crippen LogP contribution in [0.4, 0.5) is 0 Å². The topological polar surface area (TPSA) is 67.9 Å². The molecule has 1 atom stereocenters. The van der Waals surface area contributed by atoms with Crippen LogP contribution in [0, 0.1) is 0 Å². The summed E-state index contributed by atoms with van der Waals surface area (Å²) in [5, 5.41) is 4.22. The van der Waals surface area contributed by atoms with Crippen molar-refractivity contribution in [3.8, 4) is 11.5 Å². The normalized spacial score (nSPS) is 16.3. The first-order valence-corrected chi connectivity index (χ1v) is 13.6. The van der Waals surface area contributed by atoms with Crippen LogP contribution in [0.15, 0.2) is 36.4 Å². The first-order valence-electron chi connectivity index (χ1n) is 12.9. The second-order valence-electron chi connectivity index (χ2n) is 9.50. The molecule has 36 heavy (non-hydrogen) atoms. The molecule has 8 heteroatoms. The summed E-state index contributed by atoms with van der Waals surface area (Å²) in [6.45, 7) is 3.23. The molecule has 1 unspecified atom stereocenters. The lowest BCUT2D eigenvalue weighted by Gasteiger charge is -2.33. The second-order valence-corrected chi connectivity index (χ2v) is 10.3. The molecule has 1 N–H and O–H groups in total. The predicted octanol–water partition coefficient (Wildman–Crippen LogP) is 5.95. The van der Waals surface area contributed by atoms with Gasteiger partial charge in [-0.25, -0.2) is 0 Å². The van der Waals surface area contributed by atoms with Crippen LogP contribution in [0.5, 0.6) is 11.5 Å². The molecule has 1 fully saturated rings. The Labute approximate surface area is 223 Å². The van der Waals surface area contributed by atoms with Crippen molar-refractivity contribution >= 4 is 35.0 Å². The van der Waals surface area contributed by atoms with Gasteiger partial charge in [-0.2, -0.15) is 0 Å². The molecule has 1 saturated carbocycles. The number of benzene rings is 2. The Balaban J connectivity index is 1.50. The van der Waals surface area contributed by atoms with Crippen LogP contribution in [0.25, 0.3) is 0 Å². The van der Waals surface area contributed by atoms with Gasteiger partial charge in [0.05, 0.1) is 0 Å². The lowest BCUT2D eigenvalue weighted by Crippen LogP contribution is -2.51. The number of rotatable bonds is 9. The number of hydrogen-bond donors (Lipinski definition) is 1. The molecule has 2 amide bonds. The Morgan fingerprint density at radius 3 is 2.50 bits per heavy atom. The number of amides is 2. The highest BCUT2D eigenvalue weighted by Crippen LogP contribution is 2.31. The number of hydrogen-bond acceptors (Lipinski definition) is 4. The molecule has 2 aromatic rings. The van der Waals surface area contributed by atoms with Crippen LogP contribution in [-0.2, 0) is 22.6 Å². The minimum Gasteiger partial charge on any atom is -0.486 e. The smallest absolute Gasteiger partial charge is 0.243 e. The highest BCUT2D eigenvalue weighted by Gasteiger charge is 2.30. The van der Waals surface area contributed by atoms with Crippen LogP contribution in [0.1, 0.15) is 63.0 Å². The summed E-state index contributed by atoms with van der Waals surface area (Å²) < 4.78 is 11.3. The third kappa shape index (κ3) is 6.86. The Morgan fingerprint density at radius 1 is 1.03 bits per heavy atom. The molecule has 1 aliphatic heterocycles. The van der Waals surface area contributed by atoms with Crippen molar-refractivity contribution in [1.29, 1.82) is 0 Å². The Hall–Kier alpha value is -2.44. The number of aryl methyl sites for hydroxylation is 1. The van der Waals surface area contributed by atoms with Crippen LogP contribution in [0.2, 0.25) is 10.0 Å². The van der Waals surface area contributed by atoms with E-state index in [1.165, 1.54) is 6.42 Å². The minimum absolute atomic E-state index is 0.0952. The van der Waals surface area contributed by atoms with Gasteiger partial charge in [-0.3, -0.25) is 9.59 Å². The first-order chi connectivity index (χ1) is 17.4. The lowest BCUT2D eigenvalue weighted by atomic mass is 9.95. The summed E-state index contributed by atoms with van der Waals surface area (Å²) in [5.74, 6) is 1.23. The Morgan fingerprint density at radius 2 is 1.78 bits per heavy atom. The average Bonchev–Trinajstić information content (AvgIpc) is 2.89. The molecule has 0 aromatic heterocycles. The maximum Gasteiger partial charge on any atom is 0.243 e. The zero-order valence-corrected chi connectivity index (χ0v) is 22.2.